The van der Waals surface area contributed by atoms with E-state index < -0.39 is 44.6 Å². The summed E-state index contributed by atoms with van der Waals surface area (Å²) in [5.74, 6) is -3.52. The summed E-state index contributed by atoms with van der Waals surface area (Å²) in [6.45, 7) is 1.22. The third kappa shape index (κ3) is 6.22. The molecule has 2 aromatic carbocycles. The van der Waals surface area contributed by atoms with Crippen LogP contribution in [0.3, 0.4) is 0 Å². The minimum atomic E-state index is -5.52. The number of fused-ring (bicyclic) bond motifs is 1. The van der Waals surface area contributed by atoms with Crippen LogP contribution in [0.4, 0.5) is 43.5 Å². The molecule has 43 heavy (non-hydrogen) atoms. The molecule has 0 saturated heterocycles. The van der Waals surface area contributed by atoms with Crippen molar-refractivity contribution in [2.24, 2.45) is 0 Å². The molecule has 1 aromatic heterocycles. The normalized spacial score (nSPS) is 15.7. The molecule has 2 aliphatic rings. The second kappa shape index (κ2) is 11.4. The summed E-state index contributed by atoms with van der Waals surface area (Å²) in [5, 5.41) is 3.11. The Bertz CT molecular complexity index is 1670. The van der Waals surface area contributed by atoms with Crippen LogP contribution in [-0.2, 0) is 25.8 Å². The van der Waals surface area contributed by atoms with E-state index in [1.54, 1.807) is 11.0 Å². The molecule has 0 radical (unpaired) electrons. The van der Waals surface area contributed by atoms with E-state index in [1.807, 2.05) is 0 Å². The minimum absolute atomic E-state index is 0.00372. The zero-order valence-corrected chi connectivity index (χ0v) is 22.6. The summed E-state index contributed by atoms with van der Waals surface area (Å²) < 4.78 is 112. The van der Waals surface area contributed by atoms with Crippen LogP contribution in [0.1, 0.15) is 17.5 Å². The van der Waals surface area contributed by atoms with E-state index in [1.165, 1.54) is 12.1 Å². The highest BCUT2D eigenvalue weighted by molar-refractivity contribution is 7.92. The number of anilines is 3. The quantitative estimate of drug-likeness (QED) is 0.308. The first-order chi connectivity index (χ1) is 20.3. The minimum Gasteiger partial charge on any atom is -0.489 e. The van der Waals surface area contributed by atoms with Crippen molar-refractivity contribution in [3.63, 3.8) is 0 Å². The number of benzene rings is 2. The van der Waals surface area contributed by atoms with Gasteiger partial charge in [-0.3, -0.25) is 0 Å². The van der Waals surface area contributed by atoms with Gasteiger partial charge in [-0.05, 0) is 48.9 Å². The Morgan fingerprint density at radius 2 is 1.81 bits per heavy atom. The highest BCUT2D eigenvalue weighted by atomic mass is 32.2. The molecule has 0 unspecified atom stereocenters. The number of alkyl halides is 6. The van der Waals surface area contributed by atoms with E-state index >= 15 is 0 Å². The van der Waals surface area contributed by atoms with Gasteiger partial charge in [0, 0.05) is 36.1 Å². The summed E-state index contributed by atoms with van der Waals surface area (Å²) in [4.78, 5) is 24.0. The molecule has 3 heterocycles. The lowest BCUT2D eigenvalue weighted by Crippen LogP contribution is -2.39. The number of halogens is 6. The molecular formula is C26H21F6N5O5S. The molecule has 0 aliphatic carbocycles. The monoisotopic (exact) mass is 629 g/mol. The van der Waals surface area contributed by atoms with E-state index in [0.29, 0.717) is 42.0 Å². The van der Waals surface area contributed by atoms with Crippen LogP contribution >= 0.6 is 0 Å². The van der Waals surface area contributed by atoms with E-state index in [4.69, 9.17) is 4.74 Å². The van der Waals surface area contributed by atoms with Crippen molar-refractivity contribution >= 4 is 38.8 Å². The highest BCUT2D eigenvalue weighted by Gasteiger charge is 2.45. The molecule has 228 valence electrons. The van der Waals surface area contributed by atoms with Crippen LogP contribution in [0.25, 0.3) is 5.57 Å². The molecule has 5 rings (SSSR count). The van der Waals surface area contributed by atoms with Gasteiger partial charge in [0.05, 0.1) is 22.7 Å². The summed E-state index contributed by atoms with van der Waals surface area (Å²) in [6, 6.07) is 7.61. The molecule has 0 atom stereocenters. The molecule has 0 bridgehead atoms. The maximum Gasteiger partial charge on any atom is 0.493 e. The van der Waals surface area contributed by atoms with E-state index in [0.717, 1.165) is 42.9 Å². The number of hydrogen-bond acceptors (Lipinski definition) is 9. The zero-order valence-electron chi connectivity index (χ0n) is 21.8. The number of rotatable bonds is 6. The van der Waals surface area contributed by atoms with Crippen molar-refractivity contribution in [3.05, 3.63) is 72.2 Å². The molecule has 1 N–H and O–H groups in total. The third-order valence-corrected chi connectivity index (χ3v) is 8.03. The van der Waals surface area contributed by atoms with Gasteiger partial charge in [0.1, 0.15) is 18.7 Å². The Morgan fingerprint density at radius 3 is 2.47 bits per heavy atom. The van der Waals surface area contributed by atoms with Crippen molar-refractivity contribution in [1.82, 2.24) is 15.3 Å². The summed E-state index contributed by atoms with van der Waals surface area (Å²) in [5.41, 5.74) is 0.914. The van der Waals surface area contributed by atoms with Crippen molar-refractivity contribution in [2.75, 3.05) is 35.6 Å². The second-order valence-corrected chi connectivity index (χ2v) is 11.0. The van der Waals surface area contributed by atoms with Gasteiger partial charge in [-0.1, -0.05) is 10.5 Å². The lowest BCUT2D eigenvalue weighted by atomic mass is 9.95. The molecule has 0 saturated carbocycles. The second-order valence-electron chi connectivity index (χ2n) is 9.22. The molecular weight excluding hydrogens is 608 g/mol. The molecule has 3 aromatic rings. The van der Waals surface area contributed by atoms with Gasteiger partial charge in [-0.25, -0.2) is 14.8 Å². The average molecular weight is 630 g/mol. The molecule has 0 fully saturated rings. The van der Waals surface area contributed by atoms with Gasteiger partial charge in [-0.15, -0.1) is 0 Å². The van der Waals surface area contributed by atoms with Gasteiger partial charge in [0.15, 0.2) is 5.82 Å². The molecule has 0 amide bonds. The predicted octanol–water partition coefficient (Wildman–Crippen LogP) is 4.62. The summed E-state index contributed by atoms with van der Waals surface area (Å²) in [7, 11) is -5.01. The number of nitrogens with one attached hydrogen (secondary N) is 1. The van der Waals surface area contributed by atoms with Crippen LogP contribution in [0.15, 0.2) is 66.0 Å². The number of carbonyl (C=O) groups is 1. The topological polar surface area (TPSA) is 114 Å². The van der Waals surface area contributed by atoms with Gasteiger partial charge in [0.2, 0.25) is 0 Å². The standard InChI is InChI=1S/C26H21F6N5O5S/c27-25(28,29)17-1-3-20(19(13-17)16-5-8-33-9-6-16)36-11-12-41-22-14-18(2-4-21(22)36)43(39,40)37(23-7-10-34-15-35-23)42-24(38)26(30,31)32/h1-5,7,10,13-15,33H,6,8-9,11-12H2. The lowest BCUT2D eigenvalue weighted by Gasteiger charge is -2.34. The maximum atomic E-state index is 13.6. The third-order valence-electron chi connectivity index (χ3n) is 6.49. The maximum absolute atomic E-state index is 13.6. The number of carbonyl (C=O) groups excluding carboxylic acids is 1. The van der Waals surface area contributed by atoms with E-state index in [9.17, 15) is 39.6 Å². The first-order valence-electron chi connectivity index (χ1n) is 12.5. The number of sulfonamides is 1. The van der Waals surface area contributed by atoms with Crippen LogP contribution < -0.4 is 19.4 Å². The Kier molecular flexibility index (Phi) is 7.95. The SMILES string of the molecule is O=C(ON(c1ccncn1)S(=O)(=O)c1ccc2c(c1)OCCN2c1ccc(C(F)(F)F)cc1C1=CCNCC1)C(F)(F)F. The average Bonchev–Trinajstić information content (AvgIpc) is 2.98. The Morgan fingerprint density at radius 1 is 1.05 bits per heavy atom. The smallest absolute Gasteiger partial charge is 0.489 e. The molecule has 10 nitrogen and oxygen atoms in total. The summed E-state index contributed by atoms with van der Waals surface area (Å²) >= 11 is 0. The van der Waals surface area contributed by atoms with Crippen LogP contribution in [0.5, 0.6) is 5.75 Å². The number of ether oxygens (including phenoxy) is 1. The molecule has 2 aliphatic heterocycles. The first-order valence-corrected chi connectivity index (χ1v) is 14.0. The van der Waals surface area contributed by atoms with Crippen molar-refractivity contribution in [1.29, 1.82) is 0 Å². The highest BCUT2D eigenvalue weighted by Crippen LogP contribution is 2.43. The van der Waals surface area contributed by atoms with Gasteiger partial charge in [-0.2, -0.15) is 34.8 Å². The fraction of sp³-hybridized carbons (Fsp3) is 0.269. The largest absolute Gasteiger partial charge is 0.493 e. The van der Waals surface area contributed by atoms with E-state index in [-0.39, 0.29) is 23.4 Å². The first kappa shape index (κ1) is 30.1. The van der Waals surface area contributed by atoms with Crippen molar-refractivity contribution in [2.45, 2.75) is 23.7 Å². The van der Waals surface area contributed by atoms with Crippen LogP contribution in [-0.4, -0.2) is 56.8 Å². The van der Waals surface area contributed by atoms with Crippen molar-refractivity contribution < 1.29 is 49.1 Å². The lowest BCUT2D eigenvalue weighted by molar-refractivity contribution is -0.199. The van der Waals surface area contributed by atoms with Crippen LogP contribution in [0.2, 0.25) is 0 Å². The summed E-state index contributed by atoms with van der Waals surface area (Å²) in [6.07, 6.45) is -5.98. The fourth-order valence-corrected chi connectivity index (χ4v) is 5.72. The Hall–Kier alpha value is -4.38. The zero-order chi connectivity index (χ0) is 31.0. The molecule has 0 spiro atoms. The van der Waals surface area contributed by atoms with E-state index in [2.05, 4.69) is 20.1 Å². The number of hydrogen-bond donors (Lipinski definition) is 1. The number of nitrogens with zero attached hydrogens (tertiary/aromatic N) is 4. The van der Waals surface area contributed by atoms with Crippen LogP contribution in [0, 0.1) is 0 Å². The van der Waals surface area contributed by atoms with Crippen molar-refractivity contribution in [3.8, 4) is 5.75 Å². The fourth-order valence-electron chi connectivity index (χ4n) is 4.52. The van der Waals surface area contributed by atoms with Gasteiger partial charge in [0.25, 0.3) is 10.0 Å². The predicted molar refractivity (Wildman–Crippen MR) is 140 cm³/mol. The number of aromatic nitrogens is 2. The molecule has 17 heteroatoms. The Balaban J connectivity index is 1.56. The Labute approximate surface area is 240 Å². The van der Waals surface area contributed by atoms with Gasteiger partial charge < -0.3 is 19.8 Å². The van der Waals surface area contributed by atoms with Gasteiger partial charge >= 0.3 is 18.3 Å².